The van der Waals surface area contributed by atoms with Crippen LogP contribution in [0.25, 0.3) is 0 Å². The van der Waals surface area contributed by atoms with E-state index in [9.17, 15) is 4.79 Å². The van der Waals surface area contributed by atoms with Gasteiger partial charge in [-0.05, 0) is 43.5 Å². The Bertz CT molecular complexity index is 1050. The van der Waals surface area contributed by atoms with Gasteiger partial charge in [0.25, 0.3) is 5.91 Å². The maximum Gasteiger partial charge on any atom is 0.266 e. The van der Waals surface area contributed by atoms with Crippen molar-refractivity contribution in [2.75, 3.05) is 45.2 Å². The van der Waals surface area contributed by atoms with E-state index in [1.165, 1.54) is 27.3 Å². The van der Waals surface area contributed by atoms with Gasteiger partial charge in [0.2, 0.25) is 0 Å². The maximum atomic E-state index is 12.9. The minimum atomic E-state index is -0.0444. The number of hydrogen-bond acceptors (Lipinski definition) is 6. The minimum absolute atomic E-state index is 0.0220. The third kappa shape index (κ3) is 4.62. The van der Waals surface area contributed by atoms with Crippen LogP contribution in [0.2, 0.25) is 0 Å². The summed E-state index contributed by atoms with van der Waals surface area (Å²) in [7, 11) is 1.73. The topological polar surface area (TPSA) is 44.8 Å². The second kappa shape index (κ2) is 10.2. The lowest BCUT2D eigenvalue weighted by molar-refractivity contribution is 0.102. The SMILES string of the molecule is CCN1CCN([C@@H](c2ccccc2OC)c2c(NC(=O)c3cccs3)sc(C)c2C)CC1. The van der Waals surface area contributed by atoms with E-state index in [-0.39, 0.29) is 11.9 Å². The standard InChI is InChI=1S/C25H31N3O2S2/c1-5-27-12-14-28(15-13-27)23(19-9-6-7-10-20(19)30-4)22-17(2)18(3)32-25(22)26-24(29)21-11-8-16-31-21/h6-11,16,23H,5,12-15H2,1-4H3,(H,26,29)/t23-/m0/s1. The van der Waals surface area contributed by atoms with E-state index in [4.69, 9.17) is 4.74 Å². The molecule has 0 bridgehead atoms. The van der Waals surface area contributed by atoms with Crippen molar-refractivity contribution in [3.05, 3.63) is 68.2 Å². The number of aryl methyl sites for hydroxylation is 1. The van der Waals surface area contributed by atoms with E-state index < -0.39 is 0 Å². The predicted octanol–water partition coefficient (Wildman–Crippen LogP) is 5.41. The molecule has 1 fully saturated rings. The molecule has 1 aliphatic heterocycles. The van der Waals surface area contributed by atoms with Crippen molar-refractivity contribution in [3.8, 4) is 5.75 Å². The van der Waals surface area contributed by atoms with Crippen molar-refractivity contribution < 1.29 is 9.53 Å². The number of nitrogens with zero attached hydrogens (tertiary/aromatic N) is 2. The van der Waals surface area contributed by atoms with Gasteiger partial charge in [-0.2, -0.15) is 0 Å². The van der Waals surface area contributed by atoms with Crippen molar-refractivity contribution in [2.24, 2.45) is 0 Å². The van der Waals surface area contributed by atoms with Crippen molar-refractivity contribution in [1.29, 1.82) is 0 Å². The number of piperazine rings is 1. The van der Waals surface area contributed by atoms with Gasteiger partial charge in [0.15, 0.2) is 0 Å². The molecule has 1 saturated heterocycles. The zero-order valence-electron chi connectivity index (χ0n) is 19.2. The number of likely N-dealkylation sites (N-methyl/N-ethyl adjacent to an activating group) is 1. The fraction of sp³-hybridized carbons (Fsp3) is 0.400. The van der Waals surface area contributed by atoms with E-state index in [0.29, 0.717) is 0 Å². The van der Waals surface area contributed by atoms with Crippen LogP contribution in [0.4, 0.5) is 5.00 Å². The Hall–Kier alpha value is -2.19. The Morgan fingerprint density at radius 3 is 2.53 bits per heavy atom. The summed E-state index contributed by atoms with van der Waals surface area (Å²) in [5, 5.41) is 6.11. The first kappa shape index (κ1) is 23.0. The molecular weight excluding hydrogens is 438 g/mol. The van der Waals surface area contributed by atoms with E-state index in [1.54, 1.807) is 18.4 Å². The highest BCUT2D eigenvalue weighted by Gasteiger charge is 2.33. The largest absolute Gasteiger partial charge is 0.496 e. The molecule has 3 heterocycles. The smallest absolute Gasteiger partial charge is 0.266 e. The summed E-state index contributed by atoms with van der Waals surface area (Å²) in [4.78, 5) is 19.9. The van der Waals surface area contributed by atoms with Gasteiger partial charge >= 0.3 is 0 Å². The number of rotatable bonds is 7. The molecule has 170 valence electrons. The zero-order valence-corrected chi connectivity index (χ0v) is 20.8. The van der Waals surface area contributed by atoms with Crippen LogP contribution >= 0.6 is 22.7 Å². The van der Waals surface area contributed by atoms with Crippen LogP contribution in [-0.2, 0) is 0 Å². The Labute approximate surface area is 198 Å². The number of ether oxygens (including phenoxy) is 1. The van der Waals surface area contributed by atoms with E-state index in [1.807, 2.05) is 29.6 Å². The van der Waals surface area contributed by atoms with Crippen molar-refractivity contribution in [2.45, 2.75) is 26.8 Å². The third-order valence-electron chi connectivity index (χ3n) is 6.33. The van der Waals surface area contributed by atoms with Crippen LogP contribution in [0.3, 0.4) is 0 Å². The summed E-state index contributed by atoms with van der Waals surface area (Å²) in [6.45, 7) is 11.6. The second-order valence-corrected chi connectivity index (χ2v) is 10.2. The Morgan fingerprint density at radius 1 is 1.12 bits per heavy atom. The van der Waals surface area contributed by atoms with Gasteiger partial charge in [-0.15, -0.1) is 22.7 Å². The Morgan fingerprint density at radius 2 is 1.88 bits per heavy atom. The fourth-order valence-electron chi connectivity index (χ4n) is 4.40. The highest BCUT2D eigenvalue weighted by atomic mass is 32.1. The number of carbonyl (C=O) groups is 1. The second-order valence-electron chi connectivity index (χ2n) is 8.07. The normalized spacial score (nSPS) is 16.1. The van der Waals surface area contributed by atoms with E-state index in [2.05, 4.69) is 48.0 Å². The summed E-state index contributed by atoms with van der Waals surface area (Å²) < 4.78 is 5.79. The van der Waals surface area contributed by atoms with E-state index >= 15 is 0 Å². The maximum absolute atomic E-state index is 12.9. The fourth-order valence-corrected chi connectivity index (χ4v) is 6.11. The van der Waals surface area contributed by atoms with Crippen LogP contribution in [0.15, 0.2) is 41.8 Å². The summed E-state index contributed by atoms with van der Waals surface area (Å²) in [5.41, 5.74) is 3.57. The highest BCUT2D eigenvalue weighted by Crippen LogP contribution is 2.44. The molecule has 0 aliphatic carbocycles. The van der Waals surface area contributed by atoms with Crippen LogP contribution in [0.1, 0.15) is 44.2 Å². The summed E-state index contributed by atoms with van der Waals surface area (Å²) in [6.07, 6.45) is 0. The molecular formula is C25H31N3O2S2. The molecule has 0 spiro atoms. The van der Waals surface area contributed by atoms with Gasteiger partial charge < -0.3 is 15.0 Å². The Kier molecular flexibility index (Phi) is 7.30. The molecule has 0 unspecified atom stereocenters. The molecule has 2 aromatic heterocycles. The zero-order chi connectivity index (χ0) is 22.7. The number of nitrogens with one attached hydrogen (secondary N) is 1. The predicted molar refractivity (Wildman–Crippen MR) is 135 cm³/mol. The molecule has 7 heteroatoms. The first-order valence-electron chi connectivity index (χ1n) is 11.1. The molecule has 1 aromatic carbocycles. The van der Waals surface area contributed by atoms with Gasteiger partial charge in [-0.3, -0.25) is 9.69 Å². The number of amides is 1. The molecule has 0 saturated carbocycles. The molecule has 1 N–H and O–H groups in total. The molecule has 3 aromatic rings. The van der Waals surface area contributed by atoms with Crippen LogP contribution in [-0.4, -0.2) is 55.5 Å². The van der Waals surface area contributed by atoms with Crippen molar-refractivity contribution >= 4 is 33.6 Å². The van der Waals surface area contributed by atoms with Crippen molar-refractivity contribution in [3.63, 3.8) is 0 Å². The average molecular weight is 470 g/mol. The third-order valence-corrected chi connectivity index (χ3v) is 8.34. The first-order valence-corrected chi connectivity index (χ1v) is 12.8. The molecule has 0 radical (unpaired) electrons. The Balaban J connectivity index is 1.78. The summed E-state index contributed by atoms with van der Waals surface area (Å²) in [6, 6.07) is 12.1. The number of thiophene rings is 2. The quantitative estimate of drug-likeness (QED) is 0.502. The van der Waals surface area contributed by atoms with Gasteiger partial charge in [0.05, 0.1) is 18.0 Å². The summed E-state index contributed by atoms with van der Waals surface area (Å²) >= 11 is 3.13. The molecule has 1 aliphatic rings. The van der Waals surface area contributed by atoms with Crippen molar-refractivity contribution in [1.82, 2.24) is 9.80 Å². The number of methoxy groups -OCH3 is 1. The molecule has 1 amide bonds. The lowest BCUT2D eigenvalue weighted by Gasteiger charge is -2.40. The molecule has 32 heavy (non-hydrogen) atoms. The molecule has 4 rings (SSSR count). The number of hydrogen-bond donors (Lipinski definition) is 1. The van der Waals surface area contributed by atoms with E-state index in [0.717, 1.165) is 53.9 Å². The number of anilines is 1. The van der Waals surface area contributed by atoms with Gasteiger partial charge in [-0.25, -0.2) is 0 Å². The monoisotopic (exact) mass is 469 g/mol. The lowest BCUT2D eigenvalue weighted by atomic mass is 9.93. The molecule has 5 nitrogen and oxygen atoms in total. The lowest BCUT2D eigenvalue weighted by Crippen LogP contribution is -2.47. The minimum Gasteiger partial charge on any atom is -0.496 e. The van der Waals surface area contributed by atoms with Gasteiger partial charge in [0.1, 0.15) is 10.8 Å². The number of para-hydroxylation sites is 1. The van der Waals surface area contributed by atoms with Crippen LogP contribution in [0.5, 0.6) is 5.75 Å². The van der Waals surface area contributed by atoms with Gasteiger partial charge in [0, 0.05) is 42.2 Å². The van der Waals surface area contributed by atoms with Crippen LogP contribution < -0.4 is 10.1 Å². The molecule has 1 atom stereocenters. The average Bonchev–Trinajstić information content (AvgIpc) is 3.45. The number of carbonyl (C=O) groups excluding carboxylic acids is 1. The number of benzene rings is 1. The highest BCUT2D eigenvalue weighted by molar-refractivity contribution is 7.17. The van der Waals surface area contributed by atoms with Crippen LogP contribution in [0, 0.1) is 13.8 Å². The summed E-state index contributed by atoms with van der Waals surface area (Å²) in [5.74, 6) is 0.839. The first-order chi connectivity index (χ1) is 15.5. The van der Waals surface area contributed by atoms with Gasteiger partial charge in [-0.1, -0.05) is 31.2 Å².